The summed E-state index contributed by atoms with van der Waals surface area (Å²) in [6.45, 7) is 6.01. The largest absolute Gasteiger partial charge is 0.497 e. The summed E-state index contributed by atoms with van der Waals surface area (Å²) < 4.78 is 10.6. The number of hydrogen-bond donors (Lipinski definition) is 1. The van der Waals surface area contributed by atoms with Gasteiger partial charge in [0.2, 0.25) is 5.91 Å². The maximum absolute atomic E-state index is 12.4. The second kappa shape index (κ2) is 11.0. The predicted molar refractivity (Wildman–Crippen MR) is 114 cm³/mol. The second-order valence-electron chi connectivity index (χ2n) is 7.45. The Kier molecular flexibility index (Phi) is 8.04. The molecule has 0 aliphatic carbocycles. The molecular formula is C23H31N3O3. The minimum atomic E-state index is 0.0298. The molecule has 156 valence electrons. The zero-order chi connectivity index (χ0) is 20.5. The molecule has 2 aromatic carbocycles. The molecule has 0 radical (unpaired) electrons. The lowest BCUT2D eigenvalue weighted by molar-refractivity contribution is -0.122. The third-order valence-corrected chi connectivity index (χ3v) is 5.12. The van der Waals surface area contributed by atoms with Crippen molar-refractivity contribution in [2.45, 2.75) is 19.6 Å². The van der Waals surface area contributed by atoms with E-state index < -0.39 is 0 Å². The lowest BCUT2D eigenvalue weighted by Crippen LogP contribution is -2.36. The van der Waals surface area contributed by atoms with E-state index in [9.17, 15) is 4.79 Å². The van der Waals surface area contributed by atoms with Crippen LogP contribution < -0.4 is 10.1 Å². The number of hydrogen-bond acceptors (Lipinski definition) is 5. The van der Waals surface area contributed by atoms with Crippen LogP contribution in [-0.2, 0) is 29.2 Å². The molecule has 0 atom stereocenters. The molecule has 1 amide bonds. The number of nitrogens with one attached hydrogen (secondary N) is 1. The van der Waals surface area contributed by atoms with E-state index in [1.807, 2.05) is 42.3 Å². The third kappa shape index (κ3) is 6.85. The van der Waals surface area contributed by atoms with Crippen LogP contribution in [-0.4, -0.2) is 62.7 Å². The number of methoxy groups -OCH3 is 1. The van der Waals surface area contributed by atoms with Crippen molar-refractivity contribution in [2.75, 3.05) is 47.0 Å². The number of carbonyl (C=O) groups is 1. The molecule has 0 saturated carbocycles. The summed E-state index contributed by atoms with van der Waals surface area (Å²) in [7, 11) is 3.61. The number of nitrogens with zero attached hydrogens (tertiary/aromatic N) is 2. The Hall–Kier alpha value is -2.41. The molecule has 0 aromatic heterocycles. The summed E-state index contributed by atoms with van der Waals surface area (Å²) in [5.41, 5.74) is 3.59. The van der Waals surface area contributed by atoms with Gasteiger partial charge >= 0.3 is 0 Å². The van der Waals surface area contributed by atoms with Crippen LogP contribution >= 0.6 is 0 Å². The van der Waals surface area contributed by atoms with Crippen molar-refractivity contribution < 1.29 is 14.3 Å². The average Bonchev–Trinajstić information content (AvgIpc) is 2.74. The first kappa shape index (κ1) is 21.3. The van der Waals surface area contributed by atoms with Gasteiger partial charge in [0.1, 0.15) is 5.75 Å². The molecule has 1 saturated heterocycles. The molecule has 3 rings (SSSR count). The summed E-state index contributed by atoms with van der Waals surface area (Å²) in [6.07, 6.45) is 0. The van der Waals surface area contributed by atoms with Crippen molar-refractivity contribution in [3.05, 3.63) is 65.2 Å². The van der Waals surface area contributed by atoms with Crippen molar-refractivity contribution in [1.29, 1.82) is 0 Å². The van der Waals surface area contributed by atoms with E-state index in [1.54, 1.807) is 7.11 Å². The topological polar surface area (TPSA) is 54.0 Å². The predicted octanol–water partition coefficient (Wildman–Crippen LogP) is 2.28. The summed E-state index contributed by atoms with van der Waals surface area (Å²) in [5, 5.41) is 3.07. The Bertz CT molecular complexity index is 773. The molecule has 1 fully saturated rings. The lowest BCUT2D eigenvalue weighted by atomic mass is 10.1. The zero-order valence-electron chi connectivity index (χ0n) is 17.4. The normalized spacial score (nSPS) is 14.7. The van der Waals surface area contributed by atoms with Gasteiger partial charge in [-0.1, -0.05) is 36.4 Å². The van der Waals surface area contributed by atoms with Crippen LogP contribution in [0.5, 0.6) is 5.75 Å². The van der Waals surface area contributed by atoms with Gasteiger partial charge in [0.05, 0.1) is 26.9 Å². The SMILES string of the molecule is COc1ccc(CN(C)CC(=O)NCc2ccccc2CN2CCOCC2)cc1. The first-order chi connectivity index (χ1) is 14.1. The van der Waals surface area contributed by atoms with Gasteiger partial charge < -0.3 is 14.8 Å². The van der Waals surface area contributed by atoms with Crippen molar-refractivity contribution in [3.63, 3.8) is 0 Å². The standard InChI is InChI=1S/C23H31N3O3/c1-25(16-19-7-9-22(28-2)10-8-19)18-23(27)24-15-20-5-3-4-6-21(20)17-26-11-13-29-14-12-26/h3-10H,11-18H2,1-2H3,(H,24,27). The summed E-state index contributed by atoms with van der Waals surface area (Å²) >= 11 is 0. The van der Waals surface area contributed by atoms with E-state index in [0.29, 0.717) is 19.6 Å². The number of benzene rings is 2. The van der Waals surface area contributed by atoms with Crippen molar-refractivity contribution in [2.24, 2.45) is 0 Å². The van der Waals surface area contributed by atoms with Gasteiger partial charge in [-0.3, -0.25) is 14.6 Å². The Morgan fingerprint density at radius 3 is 2.48 bits per heavy atom. The van der Waals surface area contributed by atoms with Gasteiger partial charge in [-0.15, -0.1) is 0 Å². The summed E-state index contributed by atoms with van der Waals surface area (Å²) in [4.78, 5) is 16.8. The summed E-state index contributed by atoms with van der Waals surface area (Å²) in [6, 6.07) is 16.3. The van der Waals surface area contributed by atoms with Gasteiger partial charge in [0.25, 0.3) is 0 Å². The van der Waals surface area contributed by atoms with E-state index >= 15 is 0 Å². The van der Waals surface area contributed by atoms with Gasteiger partial charge in [-0.2, -0.15) is 0 Å². The first-order valence-electron chi connectivity index (χ1n) is 10.1. The second-order valence-corrected chi connectivity index (χ2v) is 7.45. The lowest BCUT2D eigenvalue weighted by Gasteiger charge is -2.27. The van der Waals surface area contributed by atoms with E-state index in [4.69, 9.17) is 9.47 Å². The maximum atomic E-state index is 12.4. The maximum Gasteiger partial charge on any atom is 0.234 e. The van der Waals surface area contributed by atoms with Crippen LogP contribution in [0.25, 0.3) is 0 Å². The van der Waals surface area contributed by atoms with E-state index in [2.05, 4.69) is 28.4 Å². The molecule has 29 heavy (non-hydrogen) atoms. The Morgan fingerprint density at radius 1 is 1.10 bits per heavy atom. The van der Waals surface area contributed by atoms with Crippen LogP contribution in [0.15, 0.2) is 48.5 Å². The van der Waals surface area contributed by atoms with Crippen LogP contribution in [0.2, 0.25) is 0 Å². The average molecular weight is 398 g/mol. The molecule has 6 nitrogen and oxygen atoms in total. The highest BCUT2D eigenvalue weighted by Crippen LogP contribution is 2.14. The molecule has 1 N–H and O–H groups in total. The molecule has 0 bridgehead atoms. The van der Waals surface area contributed by atoms with Crippen molar-refractivity contribution in [1.82, 2.24) is 15.1 Å². The fraction of sp³-hybridized carbons (Fsp3) is 0.435. The monoisotopic (exact) mass is 397 g/mol. The number of morpholine rings is 1. The van der Waals surface area contributed by atoms with Crippen molar-refractivity contribution >= 4 is 5.91 Å². The van der Waals surface area contributed by atoms with Crippen LogP contribution in [0, 0.1) is 0 Å². The van der Waals surface area contributed by atoms with Gasteiger partial charge in [0.15, 0.2) is 0 Å². The van der Waals surface area contributed by atoms with Crippen molar-refractivity contribution in [3.8, 4) is 5.75 Å². The first-order valence-corrected chi connectivity index (χ1v) is 10.1. The molecule has 0 unspecified atom stereocenters. The van der Waals surface area contributed by atoms with Crippen LogP contribution in [0.1, 0.15) is 16.7 Å². The molecule has 1 aliphatic rings. The highest BCUT2D eigenvalue weighted by molar-refractivity contribution is 5.78. The Morgan fingerprint density at radius 2 is 1.79 bits per heavy atom. The molecule has 2 aromatic rings. The van der Waals surface area contributed by atoms with E-state index in [1.165, 1.54) is 11.1 Å². The van der Waals surface area contributed by atoms with Gasteiger partial charge in [-0.05, 0) is 35.9 Å². The van der Waals surface area contributed by atoms with Gasteiger partial charge in [-0.25, -0.2) is 0 Å². The number of carbonyl (C=O) groups excluding carboxylic acids is 1. The summed E-state index contributed by atoms with van der Waals surface area (Å²) in [5.74, 6) is 0.868. The molecular weight excluding hydrogens is 366 g/mol. The van der Waals surface area contributed by atoms with Crippen LogP contribution in [0.4, 0.5) is 0 Å². The Labute approximate surface area is 173 Å². The fourth-order valence-electron chi connectivity index (χ4n) is 3.48. The smallest absolute Gasteiger partial charge is 0.234 e. The highest BCUT2D eigenvalue weighted by Gasteiger charge is 2.13. The number of rotatable bonds is 9. The molecule has 0 spiro atoms. The van der Waals surface area contributed by atoms with Crippen LogP contribution in [0.3, 0.4) is 0 Å². The van der Waals surface area contributed by atoms with E-state index in [0.717, 1.165) is 44.2 Å². The Balaban J connectivity index is 1.47. The number of likely N-dealkylation sites (N-methyl/N-ethyl adjacent to an activating group) is 1. The number of ether oxygens (including phenoxy) is 2. The van der Waals surface area contributed by atoms with E-state index in [-0.39, 0.29) is 5.91 Å². The third-order valence-electron chi connectivity index (χ3n) is 5.12. The minimum Gasteiger partial charge on any atom is -0.497 e. The zero-order valence-corrected chi connectivity index (χ0v) is 17.4. The molecule has 6 heteroatoms. The quantitative estimate of drug-likeness (QED) is 0.704. The number of amides is 1. The molecule has 1 heterocycles. The fourth-order valence-corrected chi connectivity index (χ4v) is 3.48. The minimum absolute atomic E-state index is 0.0298. The van der Waals surface area contributed by atoms with Gasteiger partial charge in [0, 0.05) is 32.7 Å². The highest BCUT2D eigenvalue weighted by atomic mass is 16.5. The molecule has 1 aliphatic heterocycles.